The zero-order valence-corrected chi connectivity index (χ0v) is 14.8. The van der Waals surface area contributed by atoms with Gasteiger partial charge in [0.25, 0.3) is 0 Å². The standard InChI is InChI=1S/C23H22O3/c1-17-10-12-22(26-16-19-6-3-2-4-7-19)21(14-17)20-9-5-8-18(15-20)11-13-23(24)25/h2-10,12,14-15H,11,13,16H2,1H3,(H,24,25). The zero-order valence-electron chi connectivity index (χ0n) is 14.8. The molecular formula is C23H22O3. The van der Waals surface area contributed by atoms with Crippen LogP contribution in [0.3, 0.4) is 0 Å². The largest absolute Gasteiger partial charge is 0.488 e. The molecule has 26 heavy (non-hydrogen) atoms. The van der Waals surface area contributed by atoms with E-state index in [0.717, 1.165) is 33.6 Å². The monoisotopic (exact) mass is 346 g/mol. The van der Waals surface area contributed by atoms with E-state index in [0.29, 0.717) is 13.0 Å². The molecule has 132 valence electrons. The molecule has 0 bridgehead atoms. The van der Waals surface area contributed by atoms with Crippen molar-refractivity contribution in [2.45, 2.75) is 26.4 Å². The summed E-state index contributed by atoms with van der Waals surface area (Å²) in [4.78, 5) is 10.8. The van der Waals surface area contributed by atoms with E-state index in [1.165, 1.54) is 0 Å². The third-order valence-corrected chi connectivity index (χ3v) is 4.24. The van der Waals surface area contributed by atoms with Gasteiger partial charge in [0.1, 0.15) is 12.4 Å². The molecule has 0 atom stereocenters. The zero-order chi connectivity index (χ0) is 18.4. The molecular weight excluding hydrogens is 324 g/mol. The van der Waals surface area contributed by atoms with Crippen LogP contribution in [0.5, 0.6) is 5.75 Å². The minimum atomic E-state index is -0.780. The lowest BCUT2D eigenvalue weighted by atomic mass is 9.99. The molecule has 3 nitrogen and oxygen atoms in total. The van der Waals surface area contributed by atoms with Crippen LogP contribution >= 0.6 is 0 Å². The third-order valence-electron chi connectivity index (χ3n) is 4.24. The fraction of sp³-hybridized carbons (Fsp3) is 0.174. The number of hydrogen-bond acceptors (Lipinski definition) is 2. The highest BCUT2D eigenvalue weighted by molar-refractivity contribution is 5.72. The predicted octanol–water partition coefficient (Wildman–Crippen LogP) is 5.26. The maximum atomic E-state index is 10.8. The molecule has 1 N–H and O–H groups in total. The number of benzene rings is 3. The number of carbonyl (C=O) groups is 1. The van der Waals surface area contributed by atoms with Crippen LogP contribution in [-0.4, -0.2) is 11.1 Å². The minimum absolute atomic E-state index is 0.134. The van der Waals surface area contributed by atoms with Crippen molar-refractivity contribution in [3.8, 4) is 16.9 Å². The molecule has 3 aromatic carbocycles. The summed E-state index contributed by atoms with van der Waals surface area (Å²) < 4.78 is 6.08. The van der Waals surface area contributed by atoms with Gasteiger partial charge >= 0.3 is 5.97 Å². The van der Waals surface area contributed by atoms with Gasteiger partial charge in [0.15, 0.2) is 0 Å². The smallest absolute Gasteiger partial charge is 0.303 e. The van der Waals surface area contributed by atoms with E-state index in [4.69, 9.17) is 9.84 Å². The van der Waals surface area contributed by atoms with Crippen molar-refractivity contribution in [1.29, 1.82) is 0 Å². The van der Waals surface area contributed by atoms with Crippen molar-refractivity contribution in [2.75, 3.05) is 0 Å². The highest BCUT2D eigenvalue weighted by atomic mass is 16.5. The van der Waals surface area contributed by atoms with Crippen LogP contribution < -0.4 is 4.74 Å². The van der Waals surface area contributed by atoms with Gasteiger partial charge < -0.3 is 9.84 Å². The van der Waals surface area contributed by atoms with Crippen molar-refractivity contribution in [3.05, 3.63) is 89.5 Å². The molecule has 3 rings (SSSR count). The van der Waals surface area contributed by atoms with Crippen molar-refractivity contribution in [1.82, 2.24) is 0 Å². The maximum absolute atomic E-state index is 10.8. The number of aryl methyl sites for hydroxylation is 2. The van der Waals surface area contributed by atoms with E-state index in [2.05, 4.69) is 13.0 Å². The van der Waals surface area contributed by atoms with Gasteiger partial charge in [-0.3, -0.25) is 4.79 Å². The first-order valence-corrected chi connectivity index (χ1v) is 8.70. The molecule has 0 aromatic heterocycles. The summed E-state index contributed by atoms with van der Waals surface area (Å²) >= 11 is 0. The van der Waals surface area contributed by atoms with Crippen LogP contribution in [0.25, 0.3) is 11.1 Å². The highest BCUT2D eigenvalue weighted by Gasteiger charge is 2.09. The van der Waals surface area contributed by atoms with Crippen LogP contribution in [0, 0.1) is 6.92 Å². The van der Waals surface area contributed by atoms with Crippen molar-refractivity contribution < 1.29 is 14.6 Å². The van der Waals surface area contributed by atoms with Crippen molar-refractivity contribution in [2.24, 2.45) is 0 Å². The Morgan fingerprint density at radius 2 is 1.69 bits per heavy atom. The van der Waals surface area contributed by atoms with Crippen LogP contribution in [0.15, 0.2) is 72.8 Å². The SMILES string of the molecule is Cc1ccc(OCc2ccccc2)c(-c2cccc(CCC(=O)O)c2)c1. The Hall–Kier alpha value is -3.07. The number of aliphatic carboxylic acids is 1. The first-order valence-electron chi connectivity index (χ1n) is 8.70. The summed E-state index contributed by atoms with van der Waals surface area (Å²) in [7, 11) is 0. The molecule has 3 aromatic rings. The number of rotatable bonds is 7. The number of hydrogen-bond donors (Lipinski definition) is 1. The van der Waals surface area contributed by atoms with Gasteiger partial charge in [0.05, 0.1) is 0 Å². The van der Waals surface area contributed by atoms with Crippen LogP contribution in [-0.2, 0) is 17.8 Å². The van der Waals surface area contributed by atoms with E-state index >= 15 is 0 Å². The average molecular weight is 346 g/mol. The second-order valence-electron chi connectivity index (χ2n) is 6.37. The number of ether oxygens (including phenoxy) is 1. The first kappa shape index (κ1) is 17.7. The fourth-order valence-electron chi connectivity index (χ4n) is 2.88. The molecule has 0 amide bonds. The Balaban J connectivity index is 1.85. The van der Waals surface area contributed by atoms with Crippen LogP contribution in [0.2, 0.25) is 0 Å². The van der Waals surface area contributed by atoms with E-state index in [-0.39, 0.29) is 6.42 Å². The molecule has 0 unspecified atom stereocenters. The molecule has 0 saturated heterocycles. The van der Waals surface area contributed by atoms with Crippen LogP contribution in [0.1, 0.15) is 23.1 Å². The van der Waals surface area contributed by atoms with Crippen molar-refractivity contribution in [3.63, 3.8) is 0 Å². The average Bonchev–Trinajstić information content (AvgIpc) is 2.66. The first-order chi connectivity index (χ1) is 12.6. The highest BCUT2D eigenvalue weighted by Crippen LogP contribution is 2.32. The summed E-state index contributed by atoms with van der Waals surface area (Å²) in [6.07, 6.45) is 0.657. The van der Waals surface area contributed by atoms with Gasteiger partial charge in [-0.25, -0.2) is 0 Å². The molecule has 0 fully saturated rings. The Bertz CT molecular complexity index is 885. The Morgan fingerprint density at radius 3 is 2.46 bits per heavy atom. The minimum Gasteiger partial charge on any atom is -0.488 e. The second-order valence-corrected chi connectivity index (χ2v) is 6.37. The van der Waals surface area contributed by atoms with Gasteiger partial charge in [0.2, 0.25) is 0 Å². The molecule has 0 radical (unpaired) electrons. The lowest BCUT2D eigenvalue weighted by Crippen LogP contribution is -1.99. The third kappa shape index (κ3) is 4.73. The quantitative estimate of drug-likeness (QED) is 0.635. The van der Waals surface area contributed by atoms with Crippen LogP contribution in [0.4, 0.5) is 0 Å². The second kappa shape index (κ2) is 8.34. The summed E-state index contributed by atoms with van der Waals surface area (Å²) in [6.45, 7) is 2.56. The topological polar surface area (TPSA) is 46.5 Å². The van der Waals surface area contributed by atoms with E-state index in [9.17, 15) is 4.79 Å². The van der Waals surface area contributed by atoms with Gasteiger partial charge in [-0.05, 0) is 42.2 Å². The Morgan fingerprint density at radius 1 is 0.923 bits per heavy atom. The number of carboxylic acid groups (broad SMARTS) is 1. The Labute approximate surface area is 153 Å². The molecule has 3 heteroatoms. The lowest BCUT2D eigenvalue weighted by Gasteiger charge is -2.14. The summed E-state index contributed by atoms with van der Waals surface area (Å²) in [5.41, 5.74) is 5.36. The molecule has 0 heterocycles. The predicted molar refractivity (Wildman–Crippen MR) is 103 cm³/mol. The fourth-order valence-corrected chi connectivity index (χ4v) is 2.88. The van der Waals surface area contributed by atoms with E-state index in [1.807, 2.05) is 66.7 Å². The summed E-state index contributed by atoms with van der Waals surface area (Å²) in [5.74, 6) is 0.0488. The maximum Gasteiger partial charge on any atom is 0.303 e. The molecule has 0 aliphatic carbocycles. The normalized spacial score (nSPS) is 10.5. The molecule has 0 aliphatic rings. The van der Waals surface area contributed by atoms with E-state index in [1.54, 1.807) is 0 Å². The molecule has 0 saturated carbocycles. The van der Waals surface area contributed by atoms with Gasteiger partial charge in [-0.2, -0.15) is 0 Å². The lowest BCUT2D eigenvalue weighted by molar-refractivity contribution is -0.136. The number of carboxylic acids is 1. The van der Waals surface area contributed by atoms with Crippen molar-refractivity contribution >= 4 is 5.97 Å². The van der Waals surface area contributed by atoms with E-state index < -0.39 is 5.97 Å². The van der Waals surface area contributed by atoms with Gasteiger partial charge in [-0.1, -0.05) is 66.2 Å². The van der Waals surface area contributed by atoms with Gasteiger partial charge in [-0.15, -0.1) is 0 Å². The summed E-state index contributed by atoms with van der Waals surface area (Å²) in [5, 5.41) is 8.90. The summed E-state index contributed by atoms with van der Waals surface area (Å²) in [6, 6.07) is 24.2. The molecule has 0 aliphatic heterocycles. The van der Waals surface area contributed by atoms with Gasteiger partial charge in [0, 0.05) is 12.0 Å². The Kier molecular flexibility index (Phi) is 5.69. The molecule has 0 spiro atoms.